The largest absolute Gasteiger partial charge is 0.355 e. The van der Waals surface area contributed by atoms with Crippen LogP contribution in [0.3, 0.4) is 0 Å². The second kappa shape index (κ2) is 3.37. The van der Waals surface area contributed by atoms with Crippen LogP contribution < -0.4 is 5.32 Å². The predicted molar refractivity (Wildman–Crippen MR) is 63.3 cm³/mol. The predicted octanol–water partition coefficient (Wildman–Crippen LogP) is 1.78. The molecule has 16 heavy (non-hydrogen) atoms. The molecule has 3 rings (SSSR count). The number of hydrogen-bond donors (Lipinski definition) is 1. The van der Waals surface area contributed by atoms with E-state index in [0.717, 1.165) is 6.54 Å². The molecule has 1 amide bonds. The first-order chi connectivity index (χ1) is 7.74. The summed E-state index contributed by atoms with van der Waals surface area (Å²) in [6, 6.07) is 8.57. The number of amides is 1. The minimum Gasteiger partial charge on any atom is -0.355 e. The van der Waals surface area contributed by atoms with Gasteiger partial charge in [0.25, 0.3) is 0 Å². The number of fused-ring (bicyclic) bond motifs is 1. The molecule has 1 atom stereocenters. The standard InChI is InChI=1S/C13H14N2O/c1-15-5-4-9-2-3-10(6-12(9)15)11-7-13(16)14-8-11/h2-6,11H,7-8H2,1H3,(H,14,16). The number of aromatic nitrogens is 1. The maximum absolute atomic E-state index is 11.2. The van der Waals surface area contributed by atoms with E-state index >= 15 is 0 Å². The van der Waals surface area contributed by atoms with Gasteiger partial charge in [-0.3, -0.25) is 4.79 Å². The normalized spacial score (nSPS) is 20.3. The van der Waals surface area contributed by atoms with Crippen LogP contribution in [-0.2, 0) is 11.8 Å². The fraction of sp³-hybridized carbons (Fsp3) is 0.308. The molecular formula is C13H14N2O. The van der Waals surface area contributed by atoms with Gasteiger partial charge < -0.3 is 9.88 Å². The van der Waals surface area contributed by atoms with Crippen LogP contribution in [0, 0.1) is 0 Å². The highest BCUT2D eigenvalue weighted by atomic mass is 16.1. The smallest absolute Gasteiger partial charge is 0.220 e. The second-order valence-corrected chi connectivity index (χ2v) is 4.45. The van der Waals surface area contributed by atoms with E-state index in [1.807, 2.05) is 7.05 Å². The highest BCUT2D eigenvalue weighted by Gasteiger charge is 2.23. The molecule has 1 N–H and O–H groups in total. The maximum atomic E-state index is 11.2. The topological polar surface area (TPSA) is 34.0 Å². The van der Waals surface area contributed by atoms with Gasteiger partial charge in [-0.2, -0.15) is 0 Å². The summed E-state index contributed by atoms with van der Waals surface area (Å²) in [5.41, 5.74) is 2.49. The van der Waals surface area contributed by atoms with Gasteiger partial charge in [-0.05, 0) is 23.1 Å². The van der Waals surface area contributed by atoms with Crippen LogP contribution in [0.5, 0.6) is 0 Å². The Balaban J connectivity index is 2.04. The van der Waals surface area contributed by atoms with E-state index in [4.69, 9.17) is 0 Å². The summed E-state index contributed by atoms with van der Waals surface area (Å²) in [5.74, 6) is 0.503. The van der Waals surface area contributed by atoms with Crippen molar-refractivity contribution in [2.75, 3.05) is 6.54 Å². The Labute approximate surface area is 94.1 Å². The van der Waals surface area contributed by atoms with Crippen LogP contribution in [0.2, 0.25) is 0 Å². The maximum Gasteiger partial charge on any atom is 0.220 e. The van der Waals surface area contributed by atoms with Crippen LogP contribution in [0.1, 0.15) is 17.9 Å². The van der Waals surface area contributed by atoms with E-state index in [9.17, 15) is 4.79 Å². The van der Waals surface area contributed by atoms with Crippen molar-refractivity contribution in [2.45, 2.75) is 12.3 Å². The zero-order valence-electron chi connectivity index (χ0n) is 9.23. The fourth-order valence-corrected chi connectivity index (χ4v) is 2.37. The molecule has 1 aromatic carbocycles. The first-order valence-corrected chi connectivity index (χ1v) is 5.56. The summed E-state index contributed by atoms with van der Waals surface area (Å²) in [7, 11) is 2.05. The Morgan fingerprint density at radius 2 is 2.25 bits per heavy atom. The lowest BCUT2D eigenvalue weighted by atomic mass is 9.97. The van der Waals surface area contributed by atoms with E-state index in [2.05, 4.69) is 40.3 Å². The molecule has 1 aromatic heterocycles. The molecule has 1 aliphatic rings. The molecule has 2 aromatic rings. The first-order valence-electron chi connectivity index (χ1n) is 5.56. The highest BCUT2D eigenvalue weighted by molar-refractivity contribution is 5.82. The average molecular weight is 214 g/mol. The van der Waals surface area contributed by atoms with Gasteiger partial charge in [0.1, 0.15) is 0 Å². The van der Waals surface area contributed by atoms with Crippen LogP contribution in [0.25, 0.3) is 10.9 Å². The summed E-state index contributed by atoms with van der Waals surface area (Å²) >= 11 is 0. The third-order valence-corrected chi connectivity index (χ3v) is 3.36. The number of aryl methyl sites for hydroxylation is 1. The molecule has 3 nitrogen and oxygen atoms in total. The van der Waals surface area contributed by atoms with Gasteiger partial charge in [-0.25, -0.2) is 0 Å². The first kappa shape index (κ1) is 9.46. The van der Waals surface area contributed by atoms with Crippen LogP contribution >= 0.6 is 0 Å². The molecule has 3 heteroatoms. The highest BCUT2D eigenvalue weighted by Crippen LogP contribution is 2.26. The van der Waals surface area contributed by atoms with E-state index in [-0.39, 0.29) is 5.91 Å². The summed E-state index contributed by atoms with van der Waals surface area (Å²) in [4.78, 5) is 11.2. The monoisotopic (exact) mass is 214 g/mol. The fourth-order valence-electron chi connectivity index (χ4n) is 2.37. The lowest BCUT2D eigenvalue weighted by Crippen LogP contribution is -2.13. The average Bonchev–Trinajstić information content (AvgIpc) is 2.86. The third-order valence-electron chi connectivity index (χ3n) is 3.36. The molecule has 0 saturated carbocycles. The Hall–Kier alpha value is -1.77. The molecule has 1 unspecified atom stereocenters. The van der Waals surface area contributed by atoms with Crippen LogP contribution in [0.15, 0.2) is 30.5 Å². The van der Waals surface area contributed by atoms with Crippen molar-refractivity contribution in [1.82, 2.24) is 9.88 Å². The quantitative estimate of drug-likeness (QED) is 0.771. The van der Waals surface area contributed by atoms with E-state index < -0.39 is 0 Å². The van der Waals surface area contributed by atoms with Gasteiger partial charge in [0.05, 0.1) is 0 Å². The minimum atomic E-state index is 0.164. The molecule has 82 valence electrons. The lowest BCUT2D eigenvalue weighted by Gasteiger charge is -2.08. The summed E-state index contributed by atoms with van der Waals surface area (Å²) in [5, 5.41) is 4.13. The molecule has 1 fully saturated rings. The molecule has 0 radical (unpaired) electrons. The molecule has 1 saturated heterocycles. The van der Waals surface area contributed by atoms with Crippen molar-refractivity contribution in [3.8, 4) is 0 Å². The molecule has 1 aliphatic heterocycles. The van der Waals surface area contributed by atoms with Gasteiger partial charge in [0, 0.05) is 37.6 Å². The molecule has 0 bridgehead atoms. The van der Waals surface area contributed by atoms with Crippen molar-refractivity contribution in [3.63, 3.8) is 0 Å². The molecule has 0 aliphatic carbocycles. The lowest BCUT2D eigenvalue weighted by molar-refractivity contribution is -0.119. The van der Waals surface area contributed by atoms with Crippen LogP contribution in [-0.4, -0.2) is 17.0 Å². The van der Waals surface area contributed by atoms with Crippen molar-refractivity contribution < 1.29 is 4.79 Å². The van der Waals surface area contributed by atoms with Crippen molar-refractivity contribution >= 4 is 16.8 Å². The van der Waals surface area contributed by atoms with E-state index in [0.29, 0.717) is 12.3 Å². The van der Waals surface area contributed by atoms with Crippen molar-refractivity contribution in [2.24, 2.45) is 7.05 Å². The summed E-state index contributed by atoms with van der Waals surface area (Å²) in [6.45, 7) is 0.773. The second-order valence-electron chi connectivity index (χ2n) is 4.45. The molecule has 2 heterocycles. The number of hydrogen-bond acceptors (Lipinski definition) is 1. The van der Waals surface area contributed by atoms with Crippen LogP contribution in [0.4, 0.5) is 0 Å². The van der Waals surface area contributed by atoms with E-state index in [1.54, 1.807) is 0 Å². The van der Waals surface area contributed by atoms with Gasteiger partial charge >= 0.3 is 0 Å². The summed E-state index contributed by atoms with van der Waals surface area (Å²) in [6.07, 6.45) is 2.68. The molecular weight excluding hydrogens is 200 g/mol. The third kappa shape index (κ3) is 1.40. The van der Waals surface area contributed by atoms with Gasteiger partial charge in [0.2, 0.25) is 5.91 Å². The minimum absolute atomic E-state index is 0.164. The Morgan fingerprint density at radius 3 is 3.00 bits per heavy atom. The number of nitrogens with one attached hydrogen (secondary N) is 1. The Kier molecular flexibility index (Phi) is 1.99. The number of benzene rings is 1. The van der Waals surface area contributed by atoms with Gasteiger partial charge in [-0.15, -0.1) is 0 Å². The zero-order valence-corrected chi connectivity index (χ0v) is 9.23. The van der Waals surface area contributed by atoms with Gasteiger partial charge in [-0.1, -0.05) is 12.1 Å². The van der Waals surface area contributed by atoms with Crippen molar-refractivity contribution in [3.05, 3.63) is 36.0 Å². The van der Waals surface area contributed by atoms with Crippen molar-refractivity contribution in [1.29, 1.82) is 0 Å². The number of nitrogens with zero attached hydrogens (tertiary/aromatic N) is 1. The number of rotatable bonds is 1. The molecule has 0 spiro atoms. The SMILES string of the molecule is Cn1ccc2ccc(C3CNC(=O)C3)cc21. The Bertz CT molecular complexity index is 556. The number of carbonyl (C=O) groups excluding carboxylic acids is 1. The zero-order chi connectivity index (χ0) is 11.1. The number of carbonyl (C=O) groups is 1. The van der Waals surface area contributed by atoms with E-state index in [1.165, 1.54) is 16.5 Å². The summed E-state index contributed by atoms with van der Waals surface area (Å²) < 4.78 is 2.11. The van der Waals surface area contributed by atoms with Gasteiger partial charge in [0.15, 0.2) is 0 Å². The Morgan fingerprint density at radius 1 is 1.38 bits per heavy atom.